The summed E-state index contributed by atoms with van der Waals surface area (Å²) >= 11 is 11.8. The van der Waals surface area contributed by atoms with Crippen LogP contribution in [0.2, 0.25) is 0 Å². The van der Waals surface area contributed by atoms with Crippen molar-refractivity contribution in [3.05, 3.63) is 78.8 Å². The normalized spacial score (nSPS) is 19.5. The Bertz CT molecular complexity index is 4040. The fraction of sp³-hybridized carbons (Fsp3) is 0.781. The number of morpholine rings is 1. The summed E-state index contributed by atoms with van der Waals surface area (Å²) in [5.74, 6) is 3.79. The number of anilines is 7. The second-order valence-corrected chi connectivity index (χ2v) is 43.9. The smallest absolute Gasteiger partial charge is 0.115 e. The average Bonchev–Trinajstić information content (AvgIpc) is 1.64. The molecule has 26 heteroatoms. The van der Waals surface area contributed by atoms with Crippen molar-refractivity contribution in [2.75, 3.05) is 186 Å². The molecule has 9 saturated heterocycles. The van der Waals surface area contributed by atoms with Gasteiger partial charge in [-0.25, -0.2) is 0 Å². The van der Waals surface area contributed by atoms with E-state index in [-0.39, 0.29) is 0 Å². The zero-order valence-corrected chi connectivity index (χ0v) is 86.2. The number of hydrogen-bond donors (Lipinski definition) is 1. The zero-order chi connectivity index (χ0) is 87.8. The minimum absolute atomic E-state index is 0.524. The van der Waals surface area contributed by atoms with Gasteiger partial charge in [0.15, 0.2) is 0 Å². The third-order valence-electron chi connectivity index (χ3n) is 26.9. The van der Waals surface area contributed by atoms with E-state index in [1.165, 1.54) is 340 Å². The first kappa shape index (κ1) is 100.0. The van der Waals surface area contributed by atoms with E-state index < -0.39 is 0 Å². The molecule has 0 aliphatic carbocycles. The summed E-state index contributed by atoms with van der Waals surface area (Å²) in [6.07, 6.45) is 26.9. The van der Waals surface area contributed by atoms with Crippen molar-refractivity contribution in [2.24, 2.45) is 0 Å². The Morgan fingerprint density at radius 2 is 0.549 bits per heavy atom. The van der Waals surface area contributed by atoms with Crippen LogP contribution in [0.25, 0.3) is 0 Å². The van der Waals surface area contributed by atoms with Crippen molar-refractivity contribution in [3.63, 3.8) is 0 Å². The number of ether oxygens (including phenoxy) is 1. The Morgan fingerprint density at radius 3 is 0.836 bits per heavy atom. The van der Waals surface area contributed by atoms with Crippen molar-refractivity contribution >= 4 is 116 Å². The molecular weight excluding hydrogens is 1650 g/mol. The van der Waals surface area contributed by atoms with Crippen LogP contribution in [0.4, 0.5) is 35.0 Å². The van der Waals surface area contributed by atoms with E-state index in [1.807, 2.05) is 7.05 Å². The number of hydrogen-bond acceptors (Lipinski definition) is 26. The van der Waals surface area contributed by atoms with Gasteiger partial charge in [-0.1, -0.05) is 103 Å². The number of nitrogens with zero attached hydrogens (tertiary/aromatic N) is 17. The number of piperidine rings is 6. The number of likely N-dealkylation sites (tertiary alicyclic amines) is 2. The third kappa shape index (κ3) is 27.0. The zero-order valence-electron chi connectivity index (χ0n) is 80.5. The van der Waals surface area contributed by atoms with Crippen LogP contribution in [0, 0.1) is 48.5 Å². The quantitative estimate of drug-likeness (QED) is 0.0772. The van der Waals surface area contributed by atoms with Gasteiger partial charge in [-0.15, -0.1) is 0 Å². The highest BCUT2D eigenvalue weighted by Gasteiger charge is 2.33. The van der Waals surface area contributed by atoms with E-state index in [4.69, 9.17) is 4.74 Å². The van der Waals surface area contributed by atoms with Crippen LogP contribution in [-0.4, -0.2) is 222 Å². The van der Waals surface area contributed by atoms with E-state index >= 15 is 0 Å². The first-order valence-electron chi connectivity index (χ1n) is 47.9. The Morgan fingerprint density at radius 1 is 0.303 bits per heavy atom. The molecule has 9 fully saturated rings. The minimum atomic E-state index is 0.524. The van der Waals surface area contributed by atoms with Gasteiger partial charge in [-0.2, -0.15) is 30.6 Å². The van der Waals surface area contributed by atoms with Gasteiger partial charge in [0.25, 0.3) is 0 Å². The molecule has 7 aromatic heterocycles. The van der Waals surface area contributed by atoms with Crippen LogP contribution in [0.3, 0.4) is 0 Å². The van der Waals surface area contributed by atoms with Gasteiger partial charge in [0.2, 0.25) is 0 Å². The lowest BCUT2D eigenvalue weighted by Crippen LogP contribution is -2.46. The van der Waals surface area contributed by atoms with Crippen LogP contribution in [0.15, 0.2) is 0 Å². The average molecular weight is 1810 g/mol. The summed E-state index contributed by atoms with van der Waals surface area (Å²) < 4.78 is 37.7. The largest absolute Gasteiger partial charge is 0.378 e. The lowest BCUT2D eigenvalue weighted by atomic mass is 9.98. The SMILES string of the molecule is CNCCC1CCCCN1c1snc(C(C)C)c1C.Cc1c(C(C)C)nsc1N1CCC(N(C)C)CC1.Cc1c(C(C)C)nsc1N1CCC(N2CCCC2)CC1.Cc1c(C(C)C)nsc1N1CCC(N2CCCCC2)CC1.Cc1c(C(C)C)nsc1N1CCCC1.Cc1c(C(C)C)nsc1N1CCCCC1.Cc1c(C(C)C)nsc1N1CCOCC1. The van der Waals surface area contributed by atoms with Gasteiger partial charge in [0, 0.05) is 148 Å². The van der Waals surface area contributed by atoms with Crippen molar-refractivity contribution in [1.29, 1.82) is 0 Å². The predicted molar refractivity (Wildman–Crippen MR) is 536 cm³/mol. The molecule has 0 amide bonds. The maximum atomic E-state index is 5.36. The van der Waals surface area contributed by atoms with Crippen molar-refractivity contribution < 1.29 is 4.74 Å². The molecule has 0 bridgehead atoms. The third-order valence-corrected chi connectivity index (χ3v) is 34.0. The molecule has 1 unspecified atom stereocenters. The van der Waals surface area contributed by atoms with E-state index in [1.54, 1.807) is 80.7 Å². The van der Waals surface area contributed by atoms with Crippen molar-refractivity contribution in [3.8, 4) is 0 Å². The summed E-state index contributed by atoms with van der Waals surface area (Å²) in [6, 6.07) is 3.12. The fourth-order valence-electron chi connectivity index (χ4n) is 19.7. The molecule has 0 spiro atoms. The van der Waals surface area contributed by atoms with E-state index in [0.717, 1.165) is 51.0 Å². The molecule has 1 N–H and O–H groups in total. The highest BCUT2D eigenvalue weighted by atomic mass is 32.1. The minimum Gasteiger partial charge on any atom is -0.378 e. The molecule has 686 valence electrons. The summed E-state index contributed by atoms with van der Waals surface area (Å²) in [5.41, 5.74) is 18.8. The van der Waals surface area contributed by atoms with Crippen LogP contribution in [-0.2, 0) is 4.74 Å². The first-order valence-corrected chi connectivity index (χ1v) is 53.4. The molecule has 0 radical (unpaired) electrons. The summed E-state index contributed by atoms with van der Waals surface area (Å²) in [5, 5.41) is 13.1. The second kappa shape index (κ2) is 49.6. The topological polar surface area (TPSA) is 144 Å². The molecule has 0 aromatic carbocycles. The molecule has 0 saturated carbocycles. The van der Waals surface area contributed by atoms with E-state index in [2.05, 4.69) is 244 Å². The maximum Gasteiger partial charge on any atom is 0.115 e. The number of nitrogens with one attached hydrogen (secondary N) is 1. The predicted octanol–water partition coefficient (Wildman–Crippen LogP) is 23.5. The Kier molecular flexibility index (Phi) is 40.6. The van der Waals surface area contributed by atoms with Crippen LogP contribution < -0.4 is 39.6 Å². The van der Waals surface area contributed by atoms with Gasteiger partial charge < -0.3 is 59.1 Å². The molecule has 16 rings (SSSR count). The number of aromatic nitrogens is 7. The summed E-state index contributed by atoms with van der Waals surface area (Å²) in [4.78, 5) is 25.5. The van der Waals surface area contributed by atoms with Crippen LogP contribution in [0.5, 0.6) is 0 Å². The molecule has 7 aromatic rings. The van der Waals surface area contributed by atoms with Crippen molar-refractivity contribution in [1.82, 2.24) is 50.6 Å². The molecule has 19 nitrogen and oxygen atoms in total. The van der Waals surface area contributed by atoms with Gasteiger partial charge in [-0.3, -0.25) is 0 Å². The van der Waals surface area contributed by atoms with Gasteiger partial charge in [0.1, 0.15) is 35.0 Å². The molecular formula is C96H164N18OS7. The standard InChI is InChI=1S/C17H29N3S.C16H27N3S.C15H27N3S.C14H25N3S.C12H20N2S.C11H18N2OS.C11H18N2S/c1-13(2)16-14(3)17(21-18-16)20-11-7-15(8-12-20)19-9-5-4-6-10-19;1-12(2)15-13(3)16(20-17-15)19-10-6-14(7-11-19)18-8-4-5-9-18;1-11(2)14-12(3)15(19-17-14)18-10-6-5-7-13(18)8-9-16-4;1-10(2)13-11(3)14(18-15-13)17-8-6-12(7-9-17)16(4)5;1-9(2)11-10(3)12(15-13-11)14-7-5-4-6-8-14;1-8(2)10-9(3)11(15-12-10)13-4-6-14-7-5-13;1-8(2)10-9(3)11(14-12-10)13-6-4-5-7-13/h13,15H,4-12H2,1-3H3;12,14H,4-11H2,1-3H3;11,13,16H,5-10H2,1-4H3;10,12H,6-9H2,1-5H3;9H,4-8H2,1-3H3;8H,4-7H2,1-3H3;8H,4-7H2,1-3H3. The summed E-state index contributed by atoms with van der Waals surface area (Å²) in [7, 11) is 6.42. The van der Waals surface area contributed by atoms with Crippen LogP contribution in [0.1, 0.15) is 346 Å². The monoisotopic (exact) mass is 1810 g/mol. The van der Waals surface area contributed by atoms with Crippen LogP contribution >= 0.6 is 80.7 Å². The Balaban J connectivity index is 0.000000150. The molecule has 16 heterocycles. The maximum absolute atomic E-state index is 5.36. The summed E-state index contributed by atoms with van der Waals surface area (Å²) in [6.45, 7) is 70.2. The van der Waals surface area contributed by atoms with Gasteiger partial charge in [-0.05, 0) is 346 Å². The van der Waals surface area contributed by atoms with Gasteiger partial charge >= 0.3 is 0 Å². The molecule has 122 heavy (non-hydrogen) atoms. The second-order valence-electron chi connectivity index (χ2n) is 38.6. The fourth-order valence-corrected chi connectivity index (χ4v) is 27.2. The first-order chi connectivity index (χ1) is 58.6. The Hall–Kier alpha value is -4.19. The molecule has 9 aliphatic heterocycles. The highest BCUT2D eigenvalue weighted by Crippen LogP contribution is 2.42. The Labute approximate surface area is 769 Å². The van der Waals surface area contributed by atoms with E-state index in [9.17, 15) is 0 Å². The molecule has 1 atom stereocenters. The van der Waals surface area contributed by atoms with E-state index in [0.29, 0.717) is 47.5 Å². The van der Waals surface area contributed by atoms with Gasteiger partial charge in [0.05, 0.1) is 53.1 Å². The molecule has 9 aliphatic rings. The van der Waals surface area contributed by atoms with Crippen molar-refractivity contribution in [2.45, 2.75) is 339 Å². The highest BCUT2D eigenvalue weighted by molar-refractivity contribution is 7.12. The lowest BCUT2D eigenvalue weighted by Gasteiger charge is -2.40. The number of rotatable bonds is 20. The lowest BCUT2D eigenvalue weighted by molar-refractivity contribution is 0.123.